The Morgan fingerprint density at radius 2 is 1.70 bits per heavy atom. The molecule has 0 fully saturated rings. The average Bonchev–Trinajstić information content (AvgIpc) is 2.69. The number of methoxy groups -OCH3 is 2. The number of carbonyl (C=O) groups is 1. The second-order valence-electron chi connectivity index (χ2n) is 6.16. The minimum atomic E-state index is -0.507. The third-order valence-electron chi connectivity index (χ3n) is 4.48. The predicted octanol–water partition coefficient (Wildman–Crippen LogP) is 2.98. The van der Waals surface area contributed by atoms with Crippen LogP contribution in [0.5, 0.6) is 11.5 Å². The Morgan fingerprint density at radius 1 is 1.04 bits per heavy atom. The van der Waals surface area contributed by atoms with Crippen LogP contribution in [0.1, 0.15) is 16.7 Å². The Labute approximate surface area is 156 Å². The Kier molecular flexibility index (Phi) is 5.45. The van der Waals surface area contributed by atoms with Crippen molar-refractivity contribution in [1.82, 2.24) is 5.32 Å². The molecule has 2 aromatic carbocycles. The fraction of sp³-hybridized carbons (Fsp3) is 0.238. The molecule has 1 N–H and O–H groups in total. The normalized spacial score (nSPS) is 10.6. The highest BCUT2D eigenvalue weighted by Gasteiger charge is 2.15. The molecule has 27 heavy (non-hydrogen) atoms. The maximum absolute atomic E-state index is 12.3. The molecule has 0 aliphatic carbocycles. The number of carbonyl (C=O) groups excluding carboxylic acids is 1. The van der Waals surface area contributed by atoms with Crippen LogP contribution in [0.3, 0.4) is 0 Å². The summed E-state index contributed by atoms with van der Waals surface area (Å²) >= 11 is 0. The van der Waals surface area contributed by atoms with E-state index in [0.29, 0.717) is 23.4 Å². The van der Waals surface area contributed by atoms with Crippen molar-refractivity contribution in [2.45, 2.75) is 19.9 Å². The molecule has 0 aliphatic rings. The van der Waals surface area contributed by atoms with Gasteiger partial charge >= 0.3 is 5.63 Å². The highest BCUT2D eigenvalue weighted by Crippen LogP contribution is 2.24. The van der Waals surface area contributed by atoms with Crippen molar-refractivity contribution in [2.75, 3.05) is 14.2 Å². The molecular formula is C21H21NO5. The summed E-state index contributed by atoms with van der Waals surface area (Å²) in [5.41, 5.74) is 1.98. The number of ether oxygens (including phenoxy) is 2. The Morgan fingerprint density at radius 3 is 2.37 bits per heavy atom. The Hall–Kier alpha value is -3.28. The first-order valence-corrected chi connectivity index (χ1v) is 8.51. The molecule has 3 rings (SSSR count). The van der Waals surface area contributed by atoms with Gasteiger partial charge in [-0.1, -0.05) is 12.1 Å². The molecule has 0 radical (unpaired) electrons. The van der Waals surface area contributed by atoms with Crippen molar-refractivity contribution >= 4 is 16.9 Å². The van der Waals surface area contributed by atoms with Crippen LogP contribution in [0, 0.1) is 6.92 Å². The molecule has 140 valence electrons. The third kappa shape index (κ3) is 4.11. The lowest BCUT2D eigenvalue weighted by molar-refractivity contribution is -0.120. The summed E-state index contributed by atoms with van der Waals surface area (Å²) in [6.45, 7) is 2.19. The Balaban J connectivity index is 1.75. The minimum absolute atomic E-state index is 0.0354. The van der Waals surface area contributed by atoms with Crippen LogP contribution in [0.15, 0.2) is 51.7 Å². The summed E-state index contributed by atoms with van der Waals surface area (Å²) in [5, 5.41) is 3.61. The van der Waals surface area contributed by atoms with Gasteiger partial charge in [0.2, 0.25) is 5.91 Å². The SMILES string of the molecule is COc1ccc(CNC(=O)Cc2c(C)c3ccc(OC)cc3oc2=O)cc1. The molecule has 0 unspecified atom stereocenters. The van der Waals surface area contributed by atoms with Gasteiger partial charge in [0.15, 0.2) is 0 Å². The van der Waals surface area contributed by atoms with E-state index in [2.05, 4.69) is 5.32 Å². The Bertz CT molecular complexity index is 1020. The van der Waals surface area contributed by atoms with Gasteiger partial charge in [-0.2, -0.15) is 0 Å². The van der Waals surface area contributed by atoms with Gasteiger partial charge in [0.05, 0.1) is 26.2 Å². The summed E-state index contributed by atoms with van der Waals surface area (Å²) in [4.78, 5) is 24.6. The number of nitrogens with one attached hydrogen (secondary N) is 1. The maximum atomic E-state index is 12.3. The highest BCUT2D eigenvalue weighted by atomic mass is 16.5. The number of aryl methyl sites for hydroxylation is 1. The lowest BCUT2D eigenvalue weighted by Gasteiger charge is -2.10. The second-order valence-corrected chi connectivity index (χ2v) is 6.16. The number of amides is 1. The number of benzene rings is 2. The molecule has 0 bridgehead atoms. The molecule has 1 amide bonds. The summed E-state index contributed by atoms with van der Waals surface area (Å²) < 4.78 is 15.6. The van der Waals surface area contributed by atoms with Crippen LogP contribution in [0.4, 0.5) is 0 Å². The van der Waals surface area contributed by atoms with Crippen LogP contribution in [0.2, 0.25) is 0 Å². The zero-order valence-electron chi connectivity index (χ0n) is 15.5. The van der Waals surface area contributed by atoms with E-state index in [-0.39, 0.29) is 12.3 Å². The van der Waals surface area contributed by atoms with Gasteiger partial charge in [-0.3, -0.25) is 4.79 Å². The number of rotatable bonds is 6. The molecule has 0 aliphatic heterocycles. The van der Waals surface area contributed by atoms with Crippen LogP contribution in [-0.2, 0) is 17.8 Å². The minimum Gasteiger partial charge on any atom is -0.497 e. The first kappa shape index (κ1) is 18.5. The number of hydrogen-bond donors (Lipinski definition) is 1. The van der Waals surface area contributed by atoms with Crippen LogP contribution in [-0.4, -0.2) is 20.1 Å². The fourth-order valence-corrected chi connectivity index (χ4v) is 2.87. The quantitative estimate of drug-likeness (QED) is 0.678. The van der Waals surface area contributed by atoms with Crippen molar-refractivity contribution in [1.29, 1.82) is 0 Å². The van der Waals surface area contributed by atoms with Crippen LogP contribution in [0.25, 0.3) is 11.0 Å². The van der Waals surface area contributed by atoms with Gasteiger partial charge in [0.25, 0.3) is 0 Å². The first-order chi connectivity index (χ1) is 13.0. The van der Waals surface area contributed by atoms with Crippen LogP contribution < -0.4 is 20.4 Å². The van der Waals surface area contributed by atoms with Crippen molar-refractivity contribution in [3.05, 3.63) is 69.6 Å². The fourth-order valence-electron chi connectivity index (χ4n) is 2.87. The van der Waals surface area contributed by atoms with E-state index in [1.807, 2.05) is 37.3 Å². The van der Waals surface area contributed by atoms with Crippen molar-refractivity contribution in [2.24, 2.45) is 0 Å². The largest absolute Gasteiger partial charge is 0.497 e. The van der Waals surface area contributed by atoms with E-state index in [0.717, 1.165) is 22.3 Å². The van der Waals surface area contributed by atoms with Gasteiger partial charge in [0.1, 0.15) is 17.1 Å². The van der Waals surface area contributed by atoms with Gasteiger partial charge < -0.3 is 19.2 Å². The molecule has 3 aromatic rings. The zero-order valence-corrected chi connectivity index (χ0v) is 15.5. The van der Waals surface area contributed by atoms with E-state index < -0.39 is 5.63 Å². The molecule has 6 heteroatoms. The van der Waals surface area contributed by atoms with Gasteiger partial charge in [-0.25, -0.2) is 4.79 Å². The number of fused-ring (bicyclic) bond motifs is 1. The van der Waals surface area contributed by atoms with Gasteiger partial charge in [-0.05, 0) is 42.3 Å². The lowest BCUT2D eigenvalue weighted by Crippen LogP contribution is -2.27. The summed E-state index contributed by atoms with van der Waals surface area (Å²) in [6.07, 6.45) is -0.0354. The van der Waals surface area contributed by atoms with Gasteiger partial charge in [-0.15, -0.1) is 0 Å². The van der Waals surface area contributed by atoms with E-state index in [4.69, 9.17) is 13.9 Å². The molecule has 6 nitrogen and oxygen atoms in total. The number of hydrogen-bond acceptors (Lipinski definition) is 5. The smallest absolute Gasteiger partial charge is 0.340 e. The first-order valence-electron chi connectivity index (χ1n) is 8.51. The van der Waals surface area contributed by atoms with E-state index in [9.17, 15) is 9.59 Å². The van der Waals surface area contributed by atoms with Crippen LogP contribution >= 0.6 is 0 Å². The molecule has 1 heterocycles. The highest BCUT2D eigenvalue weighted by molar-refractivity contribution is 5.85. The van der Waals surface area contributed by atoms with E-state index in [1.54, 1.807) is 26.4 Å². The molecular weight excluding hydrogens is 346 g/mol. The predicted molar refractivity (Wildman–Crippen MR) is 102 cm³/mol. The molecule has 0 saturated carbocycles. The average molecular weight is 367 g/mol. The standard InChI is InChI=1S/C21H21NO5/c1-13-17-9-8-16(26-3)10-19(17)27-21(24)18(13)11-20(23)22-12-14-4-6-15(25-2)7-5-14/h4-10H,11-12H2,1-3H3,(H,22,23). The van der Waals surface area contributed by atoms with Crippen molar-refractivity contribution < 1.29 is 18.7 Å². The lowest BCUT2D eigenvalue weighted by atomic mass is 10.0. The summed E-state index contributed by atoms with van der Waals surface area (Å²) in [6, 6.07) is 12.7. The van der Waals surface area contributed by atoms with Crippen molar-refractivity contribution in [3.63, 3.8) is 0 Å². The topological polar surface area (TPSA) is 77.8 Å². The molecule has 1 aromatic heterocycles. The second kappa shape index (κ2) is 7.95. The van der Waals surface area contributed by atoms with E-state index >= 15 is 0 Å². The molecule has 0 atom stereocenters. The summed E-state index contributed by atoms with van der Waals surface area (Å²) in [5.74, 6) is 1.12. The summed E-state index contributed by atoms with van der Waals surface area (Å²) in [7, 11) is 3.15. The van der Waals surface area contributed by atoms with Crippen molar-refractivity contribution in [3.8, 4) is 11.5 Å². The molecule has 0 saturated heterocycles. The third-order valence-corrected chi connectivity index (χ3v) is 4.48. The maximum Gasteiger partial charge on any atom is 0.340 e. The monoisotopic (exact) mass is 367 g/mol. The molecule has 0 spiro atoms. The van der Waals surface area contributed by atoms with Gasteiger partial charge in [0, 0.05) is 18.0 Å². The zero-order chi connectivity index (χ0) is 19.4. The van der Waals surface area contributed by atoms with E-state index in [1.165, 1.54) is 0 Å².